The summed E-state index contributed by atoms with van der Waals surface area (Å²) < 4.78 is 4.21. The van der Waals surface area contributed by atoms with Gasteiger partial charge in [0.1, 0.15) is 6.21 Å². The molecule has 3 rings (SSSR count). The molecule has 0 saturated heterocycles. The average molecular weight is 156 g/mol. The zero-order valence-corrected chi connectivity index (χ0v) is 6.51. The lowest BCUT2D eigenvalue weighted by Gasteiger charge is -2.06. The van der Waals surface area contributed by atoms with E-state index in [9.17, 15) is 0 Å². The van der Waals surface area contributed by atoms with Gasteiger partial charge in [-0.25, -0.2) is 0 Å². The maximum Gasteiger partial charge on any atom is 0.699 e. The highest BCUT2D eigenvalue weighted by Gasteiger charge is 2.26. The molecule has 2 aliphatic heterocycles. The lowest BCUT2D eigenvalue weighted by molar-refractivity contribution is -0.306. The first-order valence-electron chi connectivity index (χ1n) is 3.97. The normalized spacial score (nSPS) is 17.7. The molecule has 3 heteroatoms. The zero-order chi connectivity index (χ0) is 7.97. The van der Waals surface area contributed by atoms with E-state index in [4.69, 9.17) is 0 Å². The summed E-state index contributed by atoms with van der Waals surface area (Å²) >= 11 is 0. The molecular weight excluding hydrogens is 147 g/mol. The fraction of sp³-hybridized carbons (Fsp3) is 0. The van der Waals surface area contributed by atoms with Crippen LogP contribution in [0, 0.1) is 0 Å². The van der Waals surface area contributed by atoms with E-state index < -0.39 is 0 Å². The van der Waals surface area contributed by atoms with Crippen molar-refractivity contribution in [3.63, 3.8) is 0 Å². The Kier molecular flexibility index (Phi) is 1.01. The van der Waals surface area contributed by atoms with Crippen LogP contribution < -0.4 is 0 Å². The molecule has 0 aliphatic carbocycles. The van der Waals surface area contributed by atoms with E-state index in [2.05, 4.69) is 59.3 Å². The van der Waals surface area contributed by atoms with Crippen molar-refractivity contribution < 1.29 is 5.91 Å². The molecule has 12 heavy (non-hydrogen) atoms. The van der Waals surface area contributed by atoms with Gasteiger partial charge in [-0.3, -0.25) is 4.49 Å². The van der Waals surface area contributed by atoms with Crippen LogP contribution in [0.3, 0.4) is 0 Å². The number of rotatable bonds is 0. The minimum Gasteiger partial charge on any atom is -0.325 e. The Morgan fingerprint density at radius 2 is 2.50 bits per heavy atom. The number of nitrogens with zero attached hydrogens (tertiary/aromatic N) is 2. The summed E-state index contributed by atoms with van der Waals surface area (Å²) in [5.74, 6) is 0. The molecule has 0 saturated carbocycles. The van der Waals surface area contributed by atoms with Crippen LogP contribution in [0.15, 0.2) is 36.2 Å². The highest BCUT2D eigenvalue weighted by molar-refractivity contribution is 6.26. The van der Waals surface area contributed by atoms with E-state index in [1.54, 1.807) is 0 Å². The monoisotopic (exact) mass is 156 g/mol. The van der Waals surface area contributed by atoms with Crippen LogP contribution in [0.2, 0.25) is 0 Å². The molecule has 0 unspecified atom stereocenters. The van der Waals surface area contributed by atoms with Gasteiger partial charge >= 0.3 is 7.55 Å². The second kappa shape index (κ2) is 2.00. The van der Waals surface area contributed by atoms with E-state index in [-0.39, 0.29) is 1.43 Å². The van der Waals surface area contributed by atoms with E-state index in [1.807, 2.05) is 0 Å². The van der Waals surface area contributed by atoms with E-state index in [0.29, 0.717) is 0 Å². The Morgan fingerprint density at radius 1 is 1.50 bits per heavy atom. The molecule has 3 heterocycles. The molecule has 0 spiro atoms. The first-order valence-corrected chi connectivity index (χ1v) is 3.97. The number of hydrogen-bond acceptors (Lipinski definition) is 0. The van der Waals surface area contributed by atoms with Crippen LogP contribution in [-0.2, 0) is 0 Å². The first kappa shape index (κ1) is 6.06. The standard InChI is InChI=1S/C9H7BN2.H2/c1-3-8-7-9-4-2-6-12(9)10-11(8)5-1;/h1-7H;1H/q+1;. The Bertz CT molecular complexity index is 429. The predicted octanol–water partition coefficient (Wildman–Crippen LogP) is 1.12. The van der Waals surface area contributed by atoms with Crippen LogP contribution in [0.1, 0.15) is 7.12 Å². The molecule has 0 fully saturated rings. The fourth-order valence-corrected chi connectivity index (χ4v) is 1.55. The quantitative estimate of drug-likeness (QED) is 0.497. The topological polar surface area (TPSA) is 7.94 Å². The highest BCUT2D eigenvalue weighted by Crippen LogP contribution is 2.16. The molecule has 1 aromatic rings. The van der Waals surface area contributed by atoms with Gasteiger partial charge in [0.2, 0.25) is 0 Å². The molecule has 0 atom stereocenters. The maximum absolute atomic E-state index is 2.17. The molecule has 2 nitrogen and oxygen atoms in total. The summed E-state index contributed by atoms with van der Waals surface area (Å²) in [5, 5.41) is 0. The SMILES string of the molecule is [B]1n2cccc2C=C2C=CC=[N+]12.[HH]. The van der Waals surface area contributed by atoms with Crippen LogP contribution in [0.5, 0.6) is 0 Å². The second-order valence-electron chi connectivity index (χ2n) is 2.94. The molecule has 0 amide bonds. The van der Waals surface area contributed by atoms with Crippen molar-refractivity contribution in [1.29, 1.82) is 0 Å². The van der Waals surface area contributed by atoms with Crippen LogP contribution in [0.4, 0.5) is 0 Å². The molecule has 2 aliphatic rings. The molecular formula is C9H9BN2+. The molecule has 0 bridgehead atoms. The number of fused-ring (bicyclic) bond motifs is 2. The minimum atomic E-state index is 0. The van der Waals surface area contributed by atoms with Crippen molar-refractivity contribution in [3.8, 4) is 0 Å². The highest BCUT2D eigenvalue weighted by atomic mass is 15.1. The number of aromatic nitrogens is 1. The third-order valence-electron chi connectivity index (χ3n) is 2.17. The third kappa shape index (κ3) is 0.680. The van der Waals surface area contributed by atoms with Gasteiger partial charge in [-0.2, -0.15) is 0 Å². The van der Waals surface area contributed by atoms with Crippen LogP contribution >= 0.6 is 0 Å². The van der Waals surface area contributed by atoms with Gasteiger partial charge < -0.3 is 4.48 Å². The summed E-state index contributed by atoms with van der Waals surface area (Å²) in [5.41, 5.74) is 2.47. The summed E-state index contributed by atoms with van der Waals surface area (Å²) in [4.78, 5) is 0. The van der Waals surface area contributed by atoms with Gasteiger partial charge in [-0.15, -0.1) is 0 Å². The van der Waals surface area contributed by atoms with E-state index in [0.717, 1.165) is 0 Å². The Balaban J connectivity index is 0.000000653. The Labute approximate surface area is 72.9 Å². The molecule has 57 valence electrons. The smallest absolute Gasteiger partial charge is 0.325 e. The van der Waals surface area contributed by atoms with Gasteiger partial charge in [0.15, 0.2) is 5.70 Å². The van der Waals surface area contributed by atoms with Crippen molar-refractivity contribution in [2.45, 2.75) is 0 Å². The van der Waals surface area contributed by atoms with Gasteiger partial charge in [-0.05, 0) is 18.3 Å². The van der Waals surface area contributed by atoms with Crippen molar-refractivity contribution >= 4 is 19.8 Å². The third-order valence-corrected chi connectivity index (χ3v) is 2.17. The summed E-state index contributed by atoms with van der Waals surface area (Å²) in [6.45, 7) is 0. The summed E-state index contributed by atoms with van der Waals surface area (Å²) in [6, 6.07) is 4.15. The minimum absolute atomic E-state index is 0. The predicted molar refractivity (Wildman–Crippen MR) is 51.1 cm³/mol. The van der Waals surface area contributed by atoms with Crippen molar-refractivity contribution in [3.05, 3.63) is 41.9 Å². The zero-order valence-electron chi connectivity index (χ0n) is 6.51. The van der Waals surface area contributed by atoms with Gasteiger partial charge in [0.25, 0.3) is 0 Å². The maximum atomic E-state index is 2.17. The number of hydrogen-bond donors (Lipinski definition) is 0. The van der Waals surface area contributed by atoms with Gasteiger partial charge in [0, 0.05) is 25.3 Å². The lowest BCUT2D eigenvalue weighted by Crippen LogP contribution is -2.25. The largest absolute Gasteiger partial charge is 0.699 e. The first-order chi connectivity index (χ1) is 5.93. The van der Waals surface area contributed by atoms with Crippen LogP contribution in [-0.4, -0.2) is 22.7 Å². The molecule has 0 N–H and O–H groups in total. The van der Waals surface area contributed by atoms with E-state index >= 15 is 0 Å². The van der Waals surface area contributed by atoms with Crippen LogP contribution in [0.25, 0.3) is 6.08 Å². The molecule has 1 radical (unpaired) electrons. The van der Waals surface area contributed by atoms with Gasteiger partial charge in [0.05, 0.1) is 0 Å². The molecule has 0 aromatic carbocycles. The second-order valence-corrected chi connectivity index (χ2v) is 2.94. The van der Waals surface area contributed by atoms with Crippen molar-refractivity contribution in [1.82, 2.24) is 4.48 Å². The number of allylic oxidation sites excluding steroid dienone is 2. The van der Waals surface area contributed by atoms with Gasteiger partial charge in [-0.1, -0.05) is 0 Å². The van der Waals surface area contributed by atoms with Crippen molar-refractivity contribution in [2.24, 2.45) is 0 Å². The summed E-state index contributed by atoms with van der Waals surface area (Å²) in [7, 11) is 2.07. The van der Waals surface area contributed by atoms with E-state index in [1.165, 1.54) is 11.4 Å². The van der Waals surface area contributed by atoms with Crippen molar-refractivity contribution in [2.75, 3.05) is 0 Å². The fourth-order valence-electron chi connectivity index (χ4n) is 1.55. The lowest BCUT2D eigenvalue weighted by atomic mass is 10.0. The molecule has 1 aromatic heterocycles. The Hall–Kier alpha value is -1.51. The average Bonchev–Trinajstić information content (AvgIpc) is 2.64. The summed E-state index contributed by atoms with van der Waals surface area (Å²) in [6.07, 6.45) is 10.4. The Morgan fingerprint density at radius 3 is 3.50 bits per heavy atom.